The lowest BCUT2D eigenvalue weighted by atomic mass is 9.99. The molecular weight excluding hydrogens is 345 g/mol. The molecule has 0 unspecified atom stereocenters. The van der Waals surface area contributed by atoms with Gasteiger partial charge in [0, 0.05) is 5.48 Å². The van der Waals surface area contributed by atoms with Crippen LogP contribution in [0.25, 0.3) is 0 Å². The Bertz CT molecular complexity index is 938. The monoisotopic (exact) mass is 366 g/mol. The van der Waals surface area contributed by atoms with Gasteiger partial charge >= 0.3 is 5.97 Å². The Labute approximate surface area is 146 Å². The van der Waals surface area contributed by atoms with Gasteiger partial charge in [0.15, 0.2) is 0 Å². The fraction of sp³-hybridized carbons (Fsp3) is 0.400. The summed E-state index contributed by atoms with van der Waals surface area (Å²) in [4.78, 5) is 12.3. The molecule has 0 spiro atoms. The van der Waals surface area contributed by atoms with E-state index in [1.807, 2.05) is 4.72 Å². The van der Waals surface area contributed by atoms with Crippen LogP contribution in [0.1, 0.15) is 32.9 Å². The van der Waals surface area contributed by atoms with Crippen molar-refractivity contribution in [1.29, 1.82) is 0 Å². The average Bonchev–Trinajstić information content (AvgIpc) is 2.52. The number of carbonyl (C=O) groups is 1. The molecule has 1 N–H and O–H groups in total. The average molecular weight is 367 g/mol. The van der Waals surface area contributed by atoms with E-state index in [0.29, 0.717) is 0 Å². The second-order valence-electron chi connectivity index (χ2n) is 4.47. The first-order valence-corrected chi connectivity index (χ1v) is 8.50. The van der Waals surface area contributed by atoms with Crippen molar-refractivity contribution in [3.8, 4) is 0 Å². The summed E-state index contributed by atoms with van der Waals surface area (Å²) in [5.41, 5.74) is -1.20. The van der Waals surface area contributed by atoms with Gasteiger partial charge in [-0.15, -0.1) is 0 Å². The maximum atomic E-state index is 13.2. The summed E-state index contributed by atoms with van der Waals surface area (Å²) in [6, 6.07) is 1.81. The van der Waals surface area contributed by atoms with Crippen LogP contribution in [0.5, 0.6) is 0 Å². The Kier molecular flexibility index (Phi) is 3.77. The van der Waals surface area contributed by atoms with Crippen molar-refractivity contribution in [1.82, 2.24) is 0 Å². The SMILES string of the molecule is [2H]C1=C(C(=O)OCC)[C@H](S(=O)(=O)Nc2ccc(F)cc2Cl)C([2H])([2H])CC1([2H])[2H]. The molecule has 0 heterocycles. The maximum Gasteiger partial charge on any atom is 0.335 e. The van der Waals surface area contributed by atoms with Gasteiger partial charge in [-0.25, -0.2) is 17.6 Å². The zero-order valence-corrected chi connectivity index (χ0v) is 13.6. The first-order chi connectivity index (χ1) is 12.7. The lowest BCUT2D eigenvalue weighted by Gasteiger charge is -2.24. The van der Waals surface area contributed by atoms with Crippen LogP contribution < -0.4 is 4.72 Å². The lowest BCUT2D eigenvalue weighted by molar-refractivity contribution is -0.138. The van der Waals surface area contributed by atoms with Gasteiger partial charge in [-0.3, -0.25) is 4.72 Å². The van der Waals surface area contributed by atoms with Crippen molar-refractivity contribution >= 4 is 33.3 Å². The smallest absolute Gasteiger partial charge is 0.335 e. The van der Waals surface area contributed by atoms with Gasteiger partial charge in [0.25, 0.3) is 0 Å². The molecule has 0 fully saturated rings. The normalized spacial score (nSPS) is 26.2. The number of carbonyl (C=O) groups excluding carboxylic acids is 1. The number of allylic oxidation sites excluding steroid dienone is 1. The molecule has 1 aromatic carbocycles. The van der Waals surface area contributed by atoms with E-state index >= 15 is 0 Å². The van der Waals surface area contributed by atoms with Gasteiger partial charge in [-0.1, -0.05) is 17.7 Å². The molecule has 0 bridgehead atoms. The van der Waals surface area contributed by atoms with Crippen molar-refractivity contribution in [2.45, 2.75) is 31.3 Å². The van der Waals surface area contributed by atoms with E-state index in [4.69, 9.17) is 23.2 Å². The third-order valence-electron chi connectivity index (χ3n) is 2.85. The molecule has 1 aliphatic rings. The van der Waals surface area contributed by atoms with Gasteiger partial charge in [0.05, 0.1) is 24.3 Å². The first kappa shape index (κ1) is 11.9. The molecule has 0 aliphatic heterocycles. The van der Waals surface area contributed by atoms with Crippen LogP contribution in [-0.4, -0.2) is 26.2 Å². The predicted octanol–water partition coefficient (Wildman–Crippen LogP) is 3.26. The van der Waals surface area contributed by atoms with E-state index in [1.54, 1.807) is 0 Å². The third kappa shape index (κ3) is 4.23. The van der Waals surface area contributed by atoms with Gasteiger partial charge in [0.2, 0.25) is 10.0 Å². The Morgan fingerprint density at radius 2 is 2.35 bits per heavy atom. The number of esters is 1. The molecule has 1 aromatic rings. The highest BCUT2D eigenvalue weighted by Gasteiger charge is 2.35. The van der Waals surface area contributed by atoms with E-state index in [9.17, 15) is 17.6 Å². The second kappa shape index (κ2) is 7.31. The minimum atomic E-state index is -4.75. The number of rotatable bonds is 5. The molecule has 0 radical (unpaired) electrons. The van der Waals surface area contributed by atoms with E-state index in [1.165, 1.54) is 6.92 Å². The van der Waals surface area contributed by atoms with Crippen molar-refractivity contribution in [3.05, 3.63) is 40.7 Å². The Balaban J connectivity index is 2.62. The first-order valence-electron chi connectivity index (χ1n) is 9.08. The van der Waals surface area contributed by atoms with Crippen LogP contribution in [-0.2, 0) is 19.6 Å². The van der Waals surface area contributed by atoms with Crippen molar-refractivity contribution in [2.75, 3.05) is 11.3 Å². The third-order valence-corrected chi connectivity index (χ3v) is 4.69. The van der Waals surface area contributed by atoms with E-state index in [-0.39, 0.29) is 17.3 Å². The zero-order chi connectivity index (χ0) is 21.5. The standard InChI is InChI=1S/C15H17ClFNO4S/c1-2-22-15(19)11-5-3-4-6-14(11)23(20,21)18-13-8-7-10(17)9-12(13)16/h5,7-9,14,18H,2-4,6H2,1H3/t14-/m1/s1/i3D2,5D,6D2. The molecule has 0 saturated heterocycles. The van der Waals surface area contributed by atoms with Crippen molar-refractivity contribution in [2.24, 2.45) is 0 Å². The molecule has 0 amide bonds. The Morgan fingerprint density at radius 3 is 3.00 bits per heavy atom. The van der Waals surface area contributed by atoms with E-state index in [0.717, 1.165) is 18.2 Å². The van der Waals surface area contributed by atoms with Gasteiger partial charge in [-0.2, -0.15) is 0 Å². The summed E-state index contributed by atoms with van der Waals surface area (Å²) in [5, 5.41) is -2.54. The number of ether oxygens (including phenoxy) is 1. The van der Waals surface area contributed by atoms with Crippen LogP contribution in [0, 0.1) is 5.82 Å². The minimum Gasteiger partial charge on any atom is -0.463 e. The molecule has 8 heteroatoms. The fourth-order valence-corrected chi connectivity index (χ4v) is 3.51. The number of anilines is 1. The Hall–Kier alpha value is -1.60. The summed E-state index contributed by atoms with van der Waals surface area (Å²) >= 11 is 5.81. The predicted molar refractivity (Wildman–Crippen MR) is 86.3 cm³/mol. The number of halogens is 2. The minimum absolute atomic E-state index is 0.189. The van der Waals surface area contributed by atoms with E-state index < -0.39 is 57.9 Å². The molecule has 0 aromatic heterocycles. The number of sulfonamides is 1. The van der Waals surface area contributed by atoms with Crippen LogP contribution in [0.15, 0.2) is 29.8 Å². The summed E-state index contributed by atoms with van der Waals surface area (Å²) in [7, 11) is -4.75. The molecule has 0 saturated carbocycles. The number of nitrogens with one attached hydrogen (secondary N) is 1. The van der Waals surface area contributed by atoms with Gasteiger partial charge < -0.3 is 4.74 Å². The van der Waals surface area contributed by atoms with Crippen LogP contribution in [0.4, 0.5) is 10.1 Å². The summed E-state index contributed by atoms with van der Waals surface area (Å²) in [6.07, 6.45) is -6.30. The highest BCUT2D eigenvalue weighted by Crippen LogP contribution is 2.30. The highest BCUT2D eigenvalue weighted by atomic mass is 35.5. The maximum absolute atomic E-state index is 13.2. The largest absolute Gasteiger partial charge is 0.463 e. The van der Waals surface area contributed by atoms with Crippen LogP contribution in [0.2, 0.25) is 5.02 Å². The molecule has 1 atom stereocenters. The van der Waals surface area contributed by atoms with Gasteiger partial charge in [0.1, 0.15) is 11.1 Å². The topological polar surface area (TPSA) is 72.5 Å². The molecule has 2 rings (SSSR count). The second-order valence-corrected chi connectivity index (χ2v) is 6.64. The van der Waals surface area contributed by atoms with Crippen LogP contribution >= 0.6 is 11.6 Å². The summed E-state index contributed by atoms with van der Waals surface area (Å²) < 4.78 is 85.5. The summed E-state index contributed by atoms with van der Waals surface area (Å²) in [5.74, 6) is -2.03. The van der Waals surface area contributed by atoms with Crippen LogP contribution in [0.3, 0.4) is 0 Å². The van der Waals surface area contributed by atoms with Crippen molar-refractivity contribution < 1.29 is 29.2 Å². The number of hydrogen-bond donors (Lipinski definition) is 1. The van der Waals surface area contributed by atoms with E-state index in [2.05, 4.69) is 0 Å². The molecule has 23 heavy (non-hydrogen) atoms. The quantitative estimate of drug-likeness (QED) is 0.812. The molecule has 1 aliphatic carbocycles. The summed E-state index contributed by atoms with van der Waals surface area (Å²) in [6.45, 7) is 1.24. The van der Waals surface area contributed by atoms with Gasteiger partial charge in [-0.05, 0) is 44.3 Å². The zero-order valence-electron chi connectivity index (χ0n) is 17.0. The Morgan fingerprint density at radius 1 is 1.61 bits per heavy atom. The molecular formula is C15H17ClFNO4S. The number of hydrogen-bond acceptors (Lipinski definition) is 4. The molecule has 5 nitrogen and oxygen atoms in total. The fourth-order valence-electron chi connectivity index (χ4n) is 1.87. The van der Waals surface area contributed by atoms with Crippen molar-refractivity contribution in [3.63, 3.8) is 0 Å². The highest BCUT2D eigenvalue weighted by molar-refractivity contribution is 7.93. The lowest BCUT2D eigenvalue weighted by Crippen LogP contribution is -2.34. The molecule has 126 valence electrons. The number of benzene rings is 1.